The maximum atomic E-state index is 5.45. The van der Waals surface area contributed by atoms with Crippen molar-refractivity contribution in [3.05, 3.63) is 40.4 Å². The highest BCUT2D eigenvalue weighted by Gasteiger charge is 2.20. The molecule has 10 heteroatoms. The number of benzene rings is 1. The molecule has 2 aliphatic heterocycles. The molecule has 2 aromatic rings. The molecule has 1 aromatic heterocycles. The van der Waals surface area contributed by atoms with Gasteiger partial charge in [0.1, 0.15) is 0 Å². The lowest BCUT2D eigenvalue weighted by atomic mass is 10.2. The van der Waals surface area contributed by atoms with Crippen LogP contribution in [0.25, 0.3) is 6.08 Å². The van der Waals surface area contributed by atoms with Crippen LogP contribution >= 0.6 is 15.9 Å². The monoisotopic (exact) mass is 473 g/mol. The number of hydrogen-bond acceptors (Lipinski definition) is 9. The minimum Gasteiger partial charge on any atom is -0.378 e. The van der Waals surface area contributed by atoms with E-state index < -0.39 is 0 Å². The van der Waals surface area contributed by atoms with Gasteiger partial charge in [0.25, 0.3) is 0 Å². The van der Waals surface area contributed by atoms with Crippen molar-refractivity contribution in [2.24, 2.45) is 5.10 Å². The molecule has 158 valence electrons. The highest BCUT2D eigenvalue weighted by atomic mass is 79.9. The van der Waals surface area contributed by atoms with Gasteiger partial charge in [0, 0.05) is 30.7 Å². The molecule has 2 fully saturated rings. The van der Waals surface area contributed by atoms with E-state index in [0.717, 1.165) is 36.2 Å². The lowest BCUT2D eigenvalue weighted by Crippen LogP contribution is -2.40. The fraction of sp³-hybridized carbons (Fsp3) is 0.400. The van der Waals surface area contributed by atoms with Crippen molar-refractivity contribution in [1.29, 1.82) is 0 Å². The van der Waals surface area contributed by atoms with Crippen molar-refractivity contribution in [1.82, 2.24) is 15.0 Å². The Hall–Kier alpha value is -2.56. The van der Waals surface area contributed by atoms with Crippen molar-refractivity contribution >= 4 is 46.1 Å². The summed E-state index contributed by atoms with van der Waals surface area (Å²) in [5, 5.41) is 4.28. The predicted octanol–water partition coefficient (Wildman–Crippen LogP) is 2.38. The first-order valence-corrected chi connectivity index (χ1v) is 10.7. The van der Waals surface area contributed by atoms with E-state index in [2.05, 4.69) is 51.2 Å². The minimum atomic E-state index is 0.407. The van der Waals surface area contributed by atoms with Crippen LogP contribution in [0.1, 0.15) is 5.56 Å². The van der Waals surface area contributed by atoms with Gasteiger partial charge < -0.3 is 19.3 Å². The fourth-order valence-electron chi connectivity index (χ4n) is 3.11. The summed E-state index contributed by atoms with van der Waals surface area (Å²) in [5.41, 5.74) is 4.02. The Morgan fingerprint density at radius 3 is 2.03 bits per heavy atom. The van der Waals surface area contributed by atoms with Gasteiger partial charge in [-0.05, 0) is 27.6 Å². The number of hydrazone groups is 1. The van der Waals surface area contributed by atoms with E-state index in [1.807, 2.05) is 36.4 Å². The zero-order valence-electron chi connectivity index (χ0n) is 16.6. The molecule has 2 aliphatic rings. The molecule has 0 aliphatic carbocycles. The van der Waals surface area contributed by atoms with E-state index in [1.165, 1.54) is 0 Å². The lowest BCUT2D eigenvalue weighted by molar-refractivity contribution is 0.121. The van der Waals surface area contributed by atoms with Crippen LogP contribution in [0.2, 0.25) is 0 Å². The van der Waals surface area contributed by atoms with Crippen LogP contribution in [0.15, 0.2) is 39.9 Å². The number of nitrogens with one attached hydrogen (secondary N) is 1. The Morgan fingerprint density at radius 2 is 1.47 bits per heavy atom. The fourth-order valence-corrected chi connectivity index (χ4v) is 3.48. The molecular weight excluding hydrogens is 450 g/mol. The average Bonchev–Trinajstić information content (AvgIpc) is 2.81. The van der Waals surface area contributed by atoms with Gasteiger partial charge in [-0.1, -0.05) is 30.3 Å². The van der Waals surface area contributed by atoms with Gasteiger partial charge in [-0.25, -0.2) is 5.43 Å². The second-order valence-corrected chi connectivity index (χ2v) is 7.68. The standard InChI is InChI=1S/C20H24BrN7O2/c21-17(14-16-4-2-1-3-5-16)15-22-26-18-23-19(27-6-10-29-11-7-27)25-20(24-18)28-8-12-30-13-9-28/h1-5,14-15H,6-13H2,(H,23,24,25,26)/b17-14+,22-15+. The maximum absolute atomic E-state index is 5.45. The Bertz CT molecular complexity index is 846. The maximum Gasteiger partial charge on any atom is 0.250 e. The summed E-state index contributed by atoms with van der Waals surface area (Å²) < 4.78 is 11.7. The molecule has 3 heterocycles. The van der Waals surface area contributed by atoms with Gasteiger partial charge in [-0.2, -0.15) is 20.1 Å². The zero-order valence-corrected chi connectivity index (χ0v) is 18.2. The van der Waals surface area contributed by atoms with Crippen molar-refractivity contribution in [2.75, 3.05) is 67.8 Å². The number of allylic oxidation sites excluding steroid dienone is 1. The van der Waals surface area contributed by atoms with Gasteiger partial charge >= 0.3 is 0 Å². The summed E-state index contributed by atoms with van der Waals surface area (Å²) in [5.74, 6) is 1.67. The third-order valence-electron chi connectivity index (χ3n) is 4.66. The van der Waals surface area contributed by atoms with Crippen LogP contribution in [0, 0.1) is 0 Å². The summed E-state index contributed by atoms with van der Waals surface area (Å²) in [6, 6.07) is 10.0. The van der Waals surface area contributed by atoms with E-state index in [1.54, 1.807) is 6.21 Å². The molecule has 0 amide bonds. The molecule has 2 saturated heterocycles. The SMILES string of the molecule is BrC(/C=N/Nc1nc(N2CCOCC2)nc(N2CCOCC2)n1)=C/c1ccccc1. The van der Waals surface area contributed by atoms with Crippen molar-refractivity contribution in [3.63, 3.8) is 0 Å². The third-order valence-corrected chi connectivity index (χ3v) is 5.09. The van der Waals surface area contributed by atoms with Crippen molar-refractivity contribution < 1.29 is 9.47 Å². The number of halogens is 1. The molecule has 0 spiro atoms. The topological polar surface area (TPSA) is 88.0 Å². The molecule has 0 bridgehead atoms. The van der Waals surface area contributed by atoms with Crippen molar-refractivity contribution in [3.8, 4) is 0 Å². The first kappa shape index (κ1) is 20.7. The number of morpholine rings is 2. The van der Waals surface area contributed by atoms with Crippen LogP contribution in [-0.4, -0.2) is 73.8 Å². The summed E-state index contributed by atoms with van der Waals surface area (Å²) in [4.78, 5) is 18.0. The van der Waals surface area contributed by atoms with Gasteiger partial charge in [0.05, 0.1) is 32.6 Å². The molecule has 0 radical (unpaired) electrons. The molecular formula is C20H24BrN7O2. The third kappa shape index (κ3) is 5.74. The molecule has 1 aromatic carbocycles. The van der Waals surface area contributed by atoms with Crippen LogP contribution in [-0.2, 0) is 9.47 Å². The summed E-state index contributed by atoms with van der Waals surface area (Å²) >= 11 is 3.52. The highest BCUT2D eigenvalue weighted by molar-refractivity contribution is 9.12. The number of aromatic nitrogens is 3. The Labute approximate surface area is 183 Å². The Balaban J connectivity index is 1.51. The summed E-state index contributed by atoms with van der Waals surface area (Å²) in [6.07, 6.45) is 3.66. The zero-order chi connectivity index (χ0) is 20.6. The average molecular weight is 474 g/mol. The van der Waals surface area contributed by atoms with Crippen LogP contribution in [0.3, 0.4) is 0 Å². The van der Waals surface area contributed by atoms with E-state index in [0.29, 0.717) is 44.3 Å². The molecule has 4 rings (SSSR count). The number of rotatable bonds is 6. The highest BCUT2D eigenvalue weighted by Crippen LogP contribution is 2.19. The van der Waals surface area contributed by atoms with E-state index in [9.17, 15) is 0 Å². The molecule has 1 N–H and O–H groups in total. The second kappa shape index (κ2) is 10.5. The van der Waals surface area contributed by atoms with E-state index >= 15 is 0 Å². The normalized spacial score (nSPS) is 18.1. The molecule has 0 unspecified atom stereocenters. The second-order valence-electron chi connectivity index (χ2n) is 6.77. The summed E-state index contributed by atoms with van der Waals surface area (Å²) in [6.45, 7) is 5.66. The lowest BCUT2D eigenvalue weighted by Gasteiger charge is -2.30. The molecule has 9 nitrogen and oxygen atoms in total. The number of hydrogen-bond donors (Lipinski definition) is 1. The van der Waals surface area contributed by atoms with Crippen LogP contribution < -0.4 is 15.2 Å². The first-order valence-electron chi connectivity index (χ1n) is 9.91. The molecule has 30 heavy (non-hydrogen) atoms. The molecule has 0 saturated carbocycles. The Kier molecular flexibility index (Phi) is 7.22. The van der Waals surface area contributed by atoms with Gasteiger partial charge in [0.15, 0.2) is 0 Å². The first-order chi connectivity index (χ1) is 14.8. The number of nitrogens with zero attached hydrogens (tertiary/aromatic N) is 6. The minimum absolute atomic E-state index is 0.407. The smallest absolute Gasteiger partial charge is 0.250 e. The van der Waals surface area contributed by atoms with Gasteiger partial charge in [-0.3, -0.25) is 0 Å². The van der Waals surface area contributed by atoms with Gasteiger partial charge in [-0.15, -0.1) is 0 Å². The number of ether oxygens (including phenoxy) is 2. The predicted molar refractivity (Wildman–Crippen MR) is 121 cm³/mol. The van der Waals surface area contributed by atoms with Crippen LogP contribution in [0.4, 0.5) is 17.8 Å². The van der Waals surface area contributed by atoms with Crippen molar-refractivity contribution in [2.45, 2.75) is 0 Å². The Morgan fingerprint density at radius 1 is 0.900 bits per heavy atom. The van der Waals surface area contributed by atoms with E-state index in [-0.39, 0.29) is 0 Å². The quantitative estimate of drug-likeness (QED) is 0.505. The van der Waals surface area contributed by atoms with Gasteiger partial charge in [0.2, 0.25) is 17.8 Å². The largest absolute Gasteiger partial charge is 0.378 e. The molecule has 0 atom stereocenters. The summed E-state index contributed by atoms with van der Waals surface area (Å²) in [7, 11) is 0. The number of anilines is 3. The van der Waals surface area contributed by atoms with E-state index in [4.69, 9.17) is 9.47 Å². The van der Waals surface area contributed by atoms with Crippen LogP contribution in [0.5, 0.6) is 0 Å².